The van der Waals surface area contributed by atoms with Gasteiger partial charge in [0.25, 0.3) is 0 Å². The molecule has 1 aliphatic rings. The Hall–Kier alpha value is -2.67. The number of amides is 1. The predicted octanol–water partition coefficient (Wildman–Crippen LogP) is 2.38. The van der Waals surface area contributed by atoms with Crippen LogP contribution < -0.4 is 11.1 Å². The Labute approximate surface area is 183 Å². The number of hydrogen-bond donors (Lipinski definition) is 2. The zero-order valence-corrected chi connectivity index (χ0v) is 17.7. The molecular formula is C23H28ClN5O. The molecule has 6 nitrogen and oxygen atoms in total. The van der Waals surface area contributed by atoms with Gasteiger partial charge in [-0.2, -0.15) is 5.10 Å². The molecular weight excluding hydrogens is 398 g/mol. The highest BCUT2D eigenvalue weighted by Crippen LogP contribution is 2.25. The predicted molar refractivity (Wildman–Crippen MR) is 121 cm³/mol. The lowest BCUT2D eigenvalue weighted by Crippen LogP contribution is -2.38. The summed E-state index contributed by atoms with van der Waals surface area (Å²) in [6, 6.07) is 20.4. The van der Waals surface area contributed by atoms with Gasteiger partial charge >= 0.3 is 0 Å². The monoisotopic (exact) mass is 425 g/mol. The molecule has 0 unspecified atom stereocenters. The lowest BCUT2D eigenvalue weighted by Gasteiger charge is -2.15. The van der Waals surface area contributed by atoms with E-state index in [0.717, 1.165) is 30.8 Å². The van der Waals surface area contributed by atoms with Gasteiger partial charge in [0.15, 0.2) is 0 Å². The third-order valence-electron chi connectivity index (χ3n) is 5.43. The van der Waals surface area contributed by atoms with Gasteiger partial charge in [-0.1, -0.05) is 48.5 Å². The molecule has 2 aromatic carbocycles. The largest absolute Gasteiger partial charge is 0.355 e. The smallest absolute Gasteiger partial charge is 0.234 e. The minimum atomic E-state index is 0. The molecule has 0 radical (unpaired) electrons. The summed E-state index contributed by atoms with van der Waals surface area (Å²) in [7, 11) is 0. The van der Waals surface area contributed by atoms with Crippen LogP contribution >= 0.6 is 12.4 Å². The summed E-state index contributed by atoms with van der Waals surface area (Å²) in [4.78, 5) is 14.5. The van der Waals surface area contributed by atoms with Crippen LogP contribution in [0.5, 0.6) is 0 Å². The average Bonchev–Trinajstić information content (AvgIpc) is 3.36. The Morgan fingerprint density at radius 2 is 1.77 bits per heavy atom. The number of nitrogens with two attached hydrogens (primary N) is 1. The topological polar surface area (TPSA) is 76.2 Å². The molecule has 7 heteroatoms. The van der Waals surface area contributed by atoms with E-state index in [9.17, 15) is 4.79 Å². The third kappa shape index (κ3) is 5.48. The van der Waals surface area contributed by atoms with Crippen molar-refractivity contribution >= 4 is 18.3 Å². The zero-order chi connectivity index (χ0) is 20.1. The van der Waals surface area contributed by atoms with E-state index in [2.05, 4.69) is 27.4 Å². The SMILES string of the molecule is Cl.N[C@@H]1CN(CC(=O)NCCc2cnn(-c3ccccc3)c2)C[C@H]1c1ccccc1. The van der Waals surface area contributed by atoms with Gasteiger partial charge in [-0.15, -0.1) is 12.4 Å². The highest BCUT2D eigenvalue weighted by molar-refractivity contribution is 5.85. The molecule has 2 atom stereocenters. The number of nitrogens with zero attached hydrogens (tertiary/aromatic N) is 3. The second kappa shape index (κ2) is 10.4. The first kappa shape index (κ1) is 22.0. The van der Waals surface area contributed by atoms with Crippen molar-refractivity contribution in [2.24, 2.45) is 5.73 Å². The third-order valence-corrected chi connectivity index (χ3v) is 5.43. The molecule has 0 spiro atoms. The second-order valence-corrected chi connectivity index (χ2v) is 7.60. The molecule has 0 aliphatic carbocycles. The van der Waals surface area contributed by atoms with Gasteiger partial charge in [0.1, 0.15) is 0 Å². The van der Waals surface area contributed by atoms with E-state index in [4.69, 9.17) is 5.73 Å². The first-order valence-electron chi connectivity index (χ1n) is 10.1. The Morgan fingerprint density at radius 1 is 1.07 bits per heavy atom. The van der Waals surface area contributed by atoms with Crippen LogP contribution in [-0.2, 0) is 11.2 Å². The lowest BCUT2D eigenvalue weighted by molar-refractivity contribution is -0.122. The van der Waals surface area contributed by atoms with E-state index in [1.54, 1.807) is 0 Å². The summed E-state index contributed by atoms with van der Waals surface area (Å²) in [5, 5.41) is 7.41. The van der Waals surface area contributed by atoms with Crippen LogP contribution in [0, 0.1) is 0 Å². The molecule has 1 aromatic heterocycles. The number of hydrogen-bond acceptors (Lipinski definition) is 4. The number of aromatic nitrogens is 2. The summed E-state index contributed by atoms with van der Waals surface area (Å²) in [5.41, 5.74) is 9.70. The minimum Gasteiger partial charge on any atom is -0.355 e. The van der Waals surface area contributed by atoms with Crippen LogP contribution in [-0.4, -0.2) is 52.8 Å². The molecule has 1 saturated heterocycles. The fourth-order valence-electron chi connectivity index (χ4n) is 3.91. The molecule has 158 valence electrons. The van der Waals surface area contributed by atoms with Crippen molar-refractivity contribution in [3.8, 4) is 5.69 Å². The van der Waals surface area contributed by atoms with Crippen molar-refractivity contribution in [2.75, 3.05) is 26.2 Å². The van der Waals surface area contributed by atoms with E-state index in [1.807, 2.05) is 65.6 Å². The normalized spacial score (nSPS) is 18.7. The Balaban J connectivity index is 0.00000256. The highest BCUT2D eigenvalue weighted by Gasteiger charge is 2.31. The number of carbonyl (C=O) groups excluding carboxylic acids is 1. The van der Waals surface area contributed by atoms with Crippen LogP contribution in [0.25, 0.3) is 5.69 Å². The quantitative estimate of drug-likeness (QED) is 0.609. The molecule has 0 saturated carbocycles. The number of likely N-dealkylation sites (tertiary alicyclic amines) is 1. The second-order valence-electron chi connectivity index (χ2n) is 7.60. The van der Waals surface area contributed by atoms with Gasteiger partial charge < -0.3 is 11.1 Å². The summed E-state index contributed by atoms with van der Waals surface area (Å²) in [6.07, 6.45) is 4.61. The van der Waals surface area contributed by atoms with Crippen LogP contribution in [0.1, 0.15) is 17.0 Å². The van der Waals surface area contributed by atoms with Crippen molar-refractivity contribution in [3.63, 3.8) is 0 Å². The fourth-order valence-corrected chi connectivity index (χ4v) is 3.91. The molecule has 3 N–H and O–H groups in total. The van der Waals surface area contributed by atoms with Crippen molar-refractivity contribution < 1.29 is 4.79 Å². The van der Waals surface area contributed by atoms with E-state index < -0.39 is 0 Å². The number of halogens is 1. The number of para-hydroxylation sites is 1. The van der Waals surface area contributed by atoms with Gasteiger partial charge in [-0.05, 0) is 29.7 Å². The standard InChI is InChI=1S/C23H27N5O.ClH/c24-22-16-27(15-21(22)19-7-3-1-4-8-19)17-23(29)25-12-11-18-13-26-28(14-18)20-9-5-2-6-10-20;/h1-10,13-14,21-22H,11-12,15-17,24H2,(H,25,29);1H/t21-,22+;/m0./s1. The zero-order valence-electron chi connectivity index (χ0n) is 16.9. The van der Waals surface area contributed by atoms with Crippen LogP contribution in [0.2, 0.25) is 0 Å². The molecule has 30 heavy (non-hydrogen) atoms. The van der Waals surface area contributed by atoms with Crippen LogP contribution in [0.15, 0.2) is 73.1 Å². The fraction of sp³-hybridized carbons (Fsp3) is 0.304. The lowest BCUT2D eigenvalue weighted by atomic mass is 9.95. The van der Waals surface area contributed by atoms with Crippen molar-refractivity contribution in [3.05, 3.63) is 84.2 Å². The van der Waals surface area contributed by atoms with Gasteiger partial charge in [0.2, 0.25) is 5.91 Å². The molecule has 3 aromatic rings. The average molecular weight is 426 g/mol. The Kier molecular flexibility index (Phi) is 7.63. The van der Waals surface area contributed by atoms with Gasteiger partial charge in [-0.25, -0.2) is 4.68 Å². The molecule has 1 aliphatic heterocycles. The van der Waals surface area contributed by atoms with Crippen molar-refractivity contribution in [2.45, 2.75) is 18.4 Å². The Morgan fingerprint density at radius 3 is 2.50 bits per heavy atom. The molecule has 4 rings (SSSR count). The highest BCUT2D eigenvalue weighted by atomic mass is 35.5. The summed E-state index contributed by atoms with van der Waals surface area (Å²) in [5.74, 6) is 0.328. The molecule has 1 fully saturated rings. The van der Waals surface area contributed by atoms with Gasteiger partial charge in [0, 0.05) is 37.8 Å². The number of benzene rings is 2. The van der Waals surface area contributed by atoms with Gasteiger partial charge in [-0.3, -0.25) is 9.69 Å². The maximum atomic E-state index is 12.4. The van der Waals surface area contributed by atoms with E-state index >= 15 is 0 Å². The van der Waals surface area contributed by atoms with E-state index in [0.29, 0.717) is 13.1 Å². The summed E-state index contributed by atoms with van der Waals surface area (Å²) in [6.45, 7) is 2.56. The number of carbonyl (C=O) groups is 1. The minimum absolute atomic E-state index is 0. The summed E-state index contributed by atoms with van der Waals surface area (Å²) >= 11 is 0. The first-order valence-corrected chi connectivity index (χ1v) is 10.1. The van der Waals surface area contributed by atoms with Gasteiger partial charge in [0.05, 0.1) is 18.4 Å². The maximum absolute atomic E-state index is 12.4. The first-order chi connectivity index (χ1) is 14.2. The Bertz CT molecular complexity index is 931. The number of nitrogens with one attached hydrogen (secondary N) is 1. The van der Waals surface area contributed by atoms with Crippen LogP contribution in [0.3, 0.4) is 0 Å². The van der Waals surface area contributed by atoms with Crippen molar-refractivity contribution in [1.29, 1.82) is 0 Å². The van der Waals surface area contributed by atoms with E-state index in [-0.39, 0.29) is 30.3 Å². The molecule has 0 bridgehead atoms. The van der Waals surface area contributed by atoms with E-state index in [1.165, 1.54) is 5.56 Å². The molecule has 1 amide bonds. The van der Waals surface area contributed by atoms with Crippen molar-refractivity contribution in [1.82, 2.24) is 20.0 Å². The maximum Gasteiger partial charge on any atom is 0.234 e. The number of rotatable bonds is 7. The van der Waals surface area contributed by atoms with Crippen LogP contribution in [0.4, 0.5) is 0 Å². The summed E-state index contributed by atoms with van der Waals surface area (Å²) < 4.78 is 1.85. The molecule has 2 heterocycles.